The molecule has 0 amide bonds. The van der Waals surface area contributed by atoms with Crippen molar-refractivity contribution in [2.24, 2.45) is 0 Å². The lowest BCUT2D eigenvalue weighted by Gasteiger charge is -2.43. The van der Waals surface area contributed by atoms with Gasteiger partial charge in [-0.1, -0.05) is 6.92 Å². The molecule has 0 saturated carbocycles. The molecular formula is C13H22N4. The first kappa shape index (κ1) is 12.3. The molecule has 0 atom stereocenters. The summed E-state index contributed by atoms with van der Waals surface area (Å²) in [5.41, 5.74) is 0.309. The number of piperazine rings is 1. The number of hydrogen-bond donors (Lipinski definition) is 0. The van der Waals surface area contributed by atoms with Gasteiger partial charge in [-0.05, 0) is 26.3 Å². The first-order valence-electron chi connectivity index (χ1n) is 6.40. The molecule has 4 heteroatoms. The van der Waals surface area contributed by atoms with Gasteiger partial charge in [-0.15, -0.1) is 0 Å². The average Bonchev–Trinajstić information content (AvgIpc) is 2.40. The summed E-state index contributed by atoms with van der Waals surface area (Å²) in [6.07, 6.45) is 4.81. The van der Waals surface area contributed by atoms with Gasteiger partial charge in [0.15, 0.2) is 0 Å². The molecule has 0 aromatic carbocycles. The molecule has 0 aliphatic carbocycles. The molecule has 4 nitrogen and oxygen atoms in total. The van der Waals surface area contributed by atoms with Crippen molar-refractivity contribution in [2.75, 3.05) is 31.1 Å². The lowest BCUT2D eigenvalue weighted by molar-refractivity contribution is 0.108. The van der Waals surface area contributed by atoms with Gasteiger partial charge in [0.05, 0.1) is 0 Å². The van der Waals surface area contributed by atoms with Crippen molar-refractivity contribution in [3.05, 3.63) is 18.5 Å². The van der Waals surface area contributed by atoms with Crippen LogP contribution in [0.25, 0.3) is 0 Å². The van der Waals surface area contributed by atoms with Gasteiger partial charge in [0.1, 0.15) is 0 Å². The minimum Gasteiger partial charge on any atom is -0.338 e. The van der Waals surface area contributed by atoms with Gasteiger partial charge in [0.25, 0.3) is 0 Å². The number of nitrogens with zero attached hydrogens (tertiary/aromatic N) is 4. The topological polar surface area (TPSA) is 32.3 Å². The van der Waals surface area contributed by atoms with E-state index >= 15 is 0 Å². The summed E-state index contributed by atoms with van der Waals surface area (Å²) in [5, 5.41) is 0. The van der Waals surface area contributed by atoms with Crippen LogP contribution in [0.4, 0.5) is 5.95 Å². The largest absolute Gasteiger partial charge is 0.338 e. The molecule has 1 saturated heterocycles. The Morgan fingerprint density at radius 1 is 1.12 bits per heavy atom. The second-order valence-corrected chi connectivity index (χ2v) is 5.19. The summed E-state index contributed by atoms with van der Waals surface area (Å²) in [6.45, 7) is 11.1. The van der Waals surface area contributed by atoms with E-state index in [2.05, 4.69) is 40.5 Å². The highest BCUT2D eigenvalue weighted by molar-refractivity contribution is 5.29. The average molecular weight is 234 g/mol. The Morgan fingerprint density at radius 3 is 2.24 bits per heavy atom. The van der Waals surface area contributed by atoms with Gasteiger partial charge in [-0.3, -0.25) is 4.90 Å². The minimum atomic E-state index is 0.309. The van der Waals surface area contributed by atoms with E-state index in [0.29, 0.717) is 5.54 Å². The fourth-order valence-corrected chi connectivity index (χ4v) is 2.19. The standard InChI is InChI=1S/C13H22N4/c1-4-13(2,3)17-10-8-16(9-11-17)12-14-6-5-7-15-12/h5-7H,4,8-11H2,1-3H3. The molecule has 17 heavy (non-hydrogen) atoms. The van der Waals surface area contributed by atoms with E-state index in [1.807, 2.05) is 18.5 Å². The van der Waals surface area contributed by atoms with Crippen LogP contribution in [0, 0.1) is 0 Å². The van der Waals surface area contributed by atoms with E-state index in [0.717, 1.165) is 32.1 Å². The molecule has 0 radical (unpaired) electrons. The molecule has 2 heterocycles. The maximum atomic E-state index is 4.31. The van der Waals surface area contributed by atoms with E-state index in [4.69, 9.17) is 0 Å². The monoisotopic (exact) mass is 234 g/mol. The van der Waals surface area contributed by atoms with Crippen molar-refractivity contribution >= 4 is 5.95 Å². The molecule has 0 spiro atoms. The summed E-state index contributed by atoms with van der Waals surface area (Å²) < 4.78 is 0. The molecule has 0 N–H and O–H groups in total. The van der Waals surface area contributed by atoms with Crippen LogP contribution in [0.3, 0.4) is 0 Å². The van der Waals surface area contributed by atoms with Crippen LogP contribution < -0.4 is 4.90 Å². The minimum absolute atomic E-state index is 0.309. The molecule has 0 unspecified atom stereocenters. The van der Waals surface area contributed by atoms with Crippen LogP contribution in [-0.4, -0.2) is 46.6 Å². The summed E-state index contributed by atoms with van der Waals surface area (Å²) in [7, 11) is 0. The lowest BCUT2D eigenvalue weighted by Crippen LogP contribution is -2.54. The third-order valence-corrected chi connectivity index (χ3v) is 3.84. The summed E-state index contributed by atoms with van der Waals surface area (Å²) in [5.74, 6) is 0.862. The van der Waals surface area contributed by atoms with Gasteiger partial charge in [0.2, 0.25) is 5.95 Å². The lowest BCUT2D eigenvalue weighted by atomic mass is 9.98. The van der Waals surface area contributed by atoms with Crippen LogP contribution in [0.5, 0.6) is 0 Å². The SMILES string of the molecule is CCC(C)(C)N1CCN(c2ncccn2)CC1. The van der Waals surface area contributed by atoms with E-state index in [1.165, 1.54) is 6.42 Å². The number of anilines is 1. The van der Waals surface area contributed by atoms with Crippen molar-refractivity contribution in [2.45, 2.75) is 32.7 Å². The van der Waals surface area contributed by atoms with Crippen LogP contribution >= 0.6 is 0 Å². The second kappa shape index (κ2) is 5.00. The second-order valence-electron chi connectivity index (χ2n) is 5.19. The van der Waals surface area contributed by atoms with E-state index in [1.54, 1.807) is 0 Å². The molecule has 1 aliphatic heterocycles. The predicted octanol–water partition coefficient (Wildman–Crippen LogP) is 1.79. The van der Waals surface area contributed by atoms with Crippen LogP contribution in [0.2, 0.25) is 0 Å². The zero-order valence-corrected chi connectivity index (χ0v) is 11.1. The van der Waals surface area contributed by atoms with Gasteiger partial charge in [-0.2, -0.15) is 0 Å². The quantitative estimate of drug-likeness (QED) is 0.798. The predicted molar refractivity (Wildman–Crippen MR) is 70.2 cm³/mol. The highest BCUT2D eigenvalue weighted by atomic mass is 15.3. The molecular weight excluding hydrogens is 212 g/mol. The molecule has 94 valence electrons. The fraction of sp³-hybridized carbons (Fsp3) is 0.692. The van der Waals surface area contributed by atoms with Crippen LogP contribution in [0.15, 0.2) is 18.5 Å². The summed E-state index contributed by atoms with van der Waals surface area (Å²) in [4.78, 5) is 13.4. The zero-order chi connectivity index (χ0) is 12.3. The Labute approximate surface area is 104 Å². The Bertz CT molecular complexity index is 342. The van der Waals surface area contributed by atoms with Gasteiger partial charge in [0, 0.05) is 44.1 Å². The van der Waals surface area contributed by atoms with E-state index in [9.17, 15) is 0 Å². The van der Waals surface area contributed by atoms with Crippen molar-refractivity contribution in [3.63, 3.8) is 0 Å². The molecule has 1 aromatic heterocycles. The number of rotatable bonds is 3. The smallest absolute Gasteiger partial charge is 0.225 e. The molecule has 1 aromatic rings. The normalized spacial score (nSPS) is 18.4. The Hall–Kier alpha value is -1.16. The van der Waals surface area contributed by atoms with Gasteiger partial charge >= 0.3 is 0 Å². The van der Waals surface area contributed by atoms with Crippen molar-refractivity contribution in [1.82, 2.24) is 14.9 Å². The van der Waals surface area contributed by atoms with Crippen molar-refractivity contribution in [1.29, 1.82) is 0 Å². The molecule has 2 rings (SSSR count). The van der Waals surface area contributed by atoms with E-state index in [-0.39, 0.29) is 0 Å². The number of hydrogen-bond acceptors (Lipinski definition) is 4. The molecule has 1 fully saturated rings. The fourth-order valence-electron chi connectivity index (χ4n) is 2.19. The van der Waals surface area contributed by atoms with Gasteiger partial charge in [-0.25, -0.2) is 9.97 Å². The maximum Gasteiger partial charge on any atom is 0.225 e. The molecule has 0 bridgehead atoms. The van der Waals surface area contributed by atoms with Gasteiger partial charge < -0.3 is 4.90 Å². The van der Waals surface area contributed by atoms with E-state index < -0.39 is 0 Å². The maximum absolute atomic E-state index is 4.31. The third-order valence-electron chi connectivity index (χ3n) is 3.84. The first-order valence-corrected chi connectivity index (χ1v) is 6.40. The summed E-state index contributed by atoms with van der Waals surface area (Å²) >= 11 is 0. The van der Waals surface area contributed by atoms with Crippen LogP contribution in [-0.2, 0) is 0 Å². The van der Waals surface area contributed by atoms with Crippen molar-refractivity contribution < 1.29 is 0 Å². The molecule has 1 aliphatic rings. The van der Waals surface area contributed by atoms with Crippen LogP contribution in [0.1, 0.15) is 27.2 Å². The van der Waals surface area contributed by atoms with Crippen molar-refractivity contribution in [3.8, 4) is 0 Å². The third kappa shape index (κ3) is 2.75. The highest BCUT2D eigenvalue weighted by Crippen LogP contribution is 2.21. The Kier molecular flexibility index (Phi) is 3.62. The Balaban J connectivity index is 1.95. The summed E-state index contributed by atoms with van der Waals surface area (Å²) in [6, 6.07) is 1.86. The Morgan fingerprint density at radius 2 is 1.71 bits per heavy atom. The first-order chi connectivity index (χ1) is 8.13. The highest BCUT2D eigenvalue weighted by Gasteiger charge is 2.28. The zero-order valence-electron chi connectivity index (χ0n) is 11.1. The number of aromatic nitrogens is 2.